The van der Waals surface area contributed by atoms with Crippen molar-refractivity contribution in [3.63, 3.8) is 0 Å². The van der Waals surface area contributed by atoms with Gasteiger partial charge in [0.25, 0.3) is 11.1 Å². The minimum atomic E-state index is -0.502. The average molecular weight is 699 g/mol. The number of amides is 3. The van der Waals surface area contributed by atoms with Crippen molar-refractivity contribution >= 4 is 102 Å². The third-order valence-corrected chi connectivity index (χ3v) is 6.87. The van der Waals surface area contributed by atoms with Crippen LogP contribution in [0.2, 0.25) is 0 Å². The van der Waals surface area contributed by atoms with Gasteiger partial charge in [-0.2, -0.15) is 0 Å². The van der Waals surface area contributed by atoms with Gasteiger partial charge in [-0.05, 0) is 103 Å². The van der Waals surface area contributed by atoms with Crippen LogP contribution in [0.5, 0.6) is 5.75 Å². The molecule has 1 aliphatic rings. The summed E-state index contributed by atoms with van der Waals surface area (Å²) in [4.78, 5) is 38.6. The highest BCUT2D eigenvalue weighted by Crippen LogP contribution is 2.36. The molecule has 1 saturated heterocycles. The van der Waals surface area contributed by atoms with Crippen molar-refractivity contribution < 1.29 is 19.1 Å². The molecule has 0 aliphatic carbocycles. The second-order valence-corrected chi connectivity index (χ2v) is 10.1. The molecule has 10 heteroatoms. The van der Waals surface area contributed by atoms with E-state index in [-0.39, 0.29) is 11.4 Å². The van der Waals surface area contributed by atoms with Crippen LogP contribution in [-0.4, -0.2) is 35.6 Å². The number of benzene rings is 2. The maximum Gasteiger partial charge on any atom is 0.294 e. The van der Waals surface area contributed by atoms with E-state index in [1.54, 1.807) is 31.4 Å². The van der Waals surface area contributed by atoms with Crippen LogP contribution in [0.1, 0.15) is 5.56 Å². The first-order chi connectivity index (χ1) is 13.8. The van der Waals surface area contributed by atoms with E-state index in [2.05, 4.69) is 66.4 Å². The van der Waals surface area contributed by atoms with Crippen molar-refractivity contribution in [1.29, 1.82) is 0 Å². The summed E-state index contributed by atoms with van der Waals surface area (Å²) >= 11 is 8.49. The molecule has 29 heavy (non-hydrogen) atoms. The summed E-state index contributed by atoms with van der Waals surface area (Å²) in [6, 6.07) is 10.9. The number of anilines is 1. The third kappa shape index (κ3) is 5.33. The topological polar surface area (TPSA) is 75.7 Å². The van der Waals surface area contributed by atoms with Crippen LogP contribution in [0, 0.1) is 7.14 Å². The van der Waals surface area contributed by atoms with Crippen molar-refractivity contribution in [1.82, 2.24) is 4.90 Å². The number of hydrogen-bond donors (Lipinski definition) is 1. The van der Waals surface area contributed by atoms with Crippen LogP contribution in [0.4, 0.5) is 10.5 Å². The normalized spacial score (nSPS) is 15.2. The molecule has 150 valence electrons. The number of rotatable bonds is 5. The van der Waals surface area contributed by atoms with E-state index >= 15 is 0 Å². The Hall–Kier alpha value is -1.12. The number of thioether (sulfide) groups is 1. The minimum absolute atomic E-state index is 0.250. The number of carbonyl (C=O) groups is 3. The fraction of sp³-hybridized carbons (Fsp3) is 0.105. The molecule has 0 bridgehead atoms. The number of methoxy groups -OCH3 is 1. The number of halogens is 3. The zero-order valence-corrected chi connectivity index (χ0v) is 21.6. The zero-order valence-electron chi connectivity index (χ0n) is 14.9. The van der Waals surface area contributed by atoms with Crippen LogP contribution in [0.3, 0.4) is 0 Å². The van der Waals surface area contributed by atoms with Gasteiger partial charge in [0.15, 0.2) is 0 Å². The molecule has 0 unspecified atom stereocenters. The molecule has 1 N–H and O–H groups in total. The molecule has 0 radical (unpaired) electrons. The van der Waals surface area contributed by atoms with Crippen LogP contribution in [-0.2, 0) is 9.59 Å². The quantitative estimate of drug-likeness (QED) is 0.337. The van der Waals surface area contributed by atoms with Gasteiger partial charge in [-0.25, -0.2) is 0 Å². The number of nitrogens with zero attached hydrogens (tertiary/aromatic N) is 1. The average Bonchev–Trinajstić information content (AvgIpc) is 2.91. The Morgan fingerprint density at radius 3 is 2.69 bits per heavy atom. The molecule has 0 aromatic heterocycles. The molecule has 3 amide bonds. The van der Waals surface area contributed by atoms with E-state index in [0.29, 0.717) is 21.5 Å². The van der Waals surface area contributed by atoms with Crippen LogP contribution in [0.25, 0.3) is 6.08 Å². The predicted octanol–water partition coefficient (Wildman–Crippen LogP) is 5.34. The Kier molecular flexibility index (Phi) is 7.62. The highest BCUT2D eigenvalue weighted by Gasteiger charge is 2.36. The monoisotopic (exact) mass is 698 g/mol. The fourth-order valence-corrected chi connectivity index (χ4v) is 5.90. The Labute approximate surface area is 207 Å². The van der Waals surface area contributed by atoms with Gasteiger partial charge in [0.1, 0.15) is 12.3 Å². The SMILES string of the molecule is COc1c(I)cc(I)cc1/C=C1/SC(=O)N(CC(=O)Nc2ccccc2Br)C1=O. The largest absolute Gasteiger partial charge is 0.495 e. The van der Waals surface area contributed by atoms with E-state index in [1.807, 2.05) is 18.2 Å². The number of ether oxygens (including phenoxy) is 1. The smallest absolute Gasteiger partial charge is 0.294 e. The number of para-hydroxylation sites is 1. The molecule has 3 rings (SSSR count). The van der Waals surface area contributed by atoms with E-state index in [9.17, 15) is 14.4 Å². The van der Waals surface area contributed by atoms with E-state index in [0.717, 1.165) is 23.8 Å². The van der Waals surface area contributed by atoms with Gasteiger partial charge in [0.2, 0.25) is 5.91 Å². The summed E-state index contributed by atoms with van der Waals surface area (Å²) in [6.45, 7) is -0.357. The fourth-order valence-electron chi connectivity index (χ4n) is 2.58. The second-order valence-electron chi connectivity index (χ2n) is 5.81. The lowest BCUT2D eigenvalue weighted by atomic mass is 10.2. The van der Waals surface area contributed by atoms with E-state index in [1.165, 1.54) is 0 Å². The molecule has 1 heterocycles. The van der Waals surface area contributed by atoms with Crippen LogP contribution >= 0.6 is 72.9 Å². The number of hydrogen-bond acceptors (Lipinski definition) is 5. The molecular weight excluding hydrogens is 686 g/mol. The van der Waals surface area contributed by atoms with Gasteiger partial charge in [-0.3, -0.25) is 19.3 Å². The molecule has 0 spiro atoms. The van der Waals surface area contributed by atoms with Gasteiger partial charge in [-0.15, -0.1) is 0 Å². The first-order valence-electron chi connectivity index (χ1n) is 8.13. The lowest BCUT2D eigenvalue weighted by Gasteiger charge is -2.13. The van der Waals surface area contributed by atoms with Gasteiger partial charge >= 0.3 is 0 Å². The van der Waals surface area contributed by atoms with Gasteiger partial charge in [0, 0.05) is 13.6 Å². The number of imide groups is 1. The second kappa shape index (κ2) is 9.79. The lowest BCUT2D eigenvalue weighted by Crippen LogP contribution is -2.36. The van der Waals surface area contributed by atoms with Crippen molar-refractivity contribution in [2.24, 2.45) is 0 Å². The number of carbonyl (C=O) groups excluding carboxylic acids is 3. The van der Waals surface area contributed by atoms with Crippen molar-refractivity contribution in [2.75, 3.05) is 19.0 Å². The predicted molar refractivity (Wildman–Crippen MR) is 134 cm³/mol. The summed E-state index contributed by atoms with van der Waals surface area (Å²) in [5, 5.41) is 2.21. The molecule has 0 saturated carbocycles. The first-order valence-corrected chi connectivity index (χ1v) is 11.9. The van der Waals surface area contributed by atoms with Crippen molar-refractivity contribution in [3.8, 4) is 5.75 Å². The zero-order chi connectivity index (χ0) is 21.1. The summed E-state index contributed by atoms with van der Waals surface area (Å²) in [5.41, 5.74) is 1.27. The Bertz CT molecular complexity index is 1040. The minimum Gasteiger partial charge on any atom is -0.495 e. The standard InChI is InChI=1S/C19H13BrI2N2O4S/c1-28-17-10(6-11(21)8-13(17)22)7-15-18(26)24(19(27)29-15)9-16(25)23-14-5-3-2-4-12(14)20/h2-8H,9H2,1H3,(H,23,25)/b15-7+. The van der Waals surface area contributed by atoms with Crippen LogP contribution in [0.15, 0.2) is 45.8 Å². The summed E-state index contributed by atoms with van der Waals surface area (Å²) in [5.74, 6) is -0.329. The molecule has 2 aromatic carbocycles. The van der Waals surface area contributed by atoms with Gasteiger partial charge in [0.05, 0.1) is 21.3 Å². The summed E-state index contributed by atoms with van der Waals surface area (Å²) in [6.07, 6.45) is 1.62. The molecule has 6 nitrogen and oxygen atoms in total. The molecular formula is C19H13BrI2N2O4S. The molecule has 1 aliphatic heterocycles. The van der Waals surface area contributed by atoms with Crippen molar-refractivity contribution in [2.45, 2.75) is 0 Å². The molecule has 1 fully saturated rings. The highest BCUT2D eigenvalue weighted by molar-refractivity contribution is 14.1. The lowest BCUT2D eigenvalue weighted by molar-refractivity contribution is -0.127. The van der Waals surface area contributed by atoms with Crippen molar-refractivity contribution in [3.05, 3.63) is 58.5 Å². The Morgan fingerprint density at radius 1 is 1.28 bits per heavy atom. The van der Waals surface area contributed by atoms with E-state index in [4.69, 9.17) is 4.74 Å². The Morgan fingerprint density at radius 2 is 2.00 bits per heavy atom. The number of nitrogens with one attached hydrogen (secondary N) is 1. The Balaban J connectivity index is 1.79. The molecule has 2 aromatic rings. The third-order valence-electron chi connectivity index (χ3n) is 3.85. The van der Waals surface area contributed by atoms with E-state index < -0.39 is 17.1 Å². The van der Waals surface area contributed by atoms with Crippen LogP contribution < -0.4 is 10.1 Å². The summed E-state index contributed by atoms with van der Waals surface area (Å²) < 4.78 is 8.02. The summed E-state index contributed by atoms with van der Waals surface area (Å²) in [7, 11) is 1.56. The first kappa shape index (κ1) is 22.6. The van der Waals surface area contributed by atoms with Gasteiger partial charge in [-0.1, -0.05) is 12.1 Å². The maximum atomic E-state index is 12.7. The molecule has 0 atom stereocenters. The van der Waals surface area contributed by atoms with Gasteiger partial charge < -0.3 is 10.1 Å². The maximum absolute atomic E-state index is 12.7. The highest BCUT2D eigenvalue weighted by atomic mass is 127.